The predicted molar refractivity (Wildman–Crippen MR) is 150 cm³/mol. The summed E-state index contributed by atoms with van der Waals surface area (Å²) in [5.74, 6) is 0.849. The fourth-order valence-electron chi connectivity index (χ4n) is 3.93. The van der Waals surface area contributed by atoms with Crippen LogP contribution in [0.3, 0.4) is 0 Å². The molecule has 0 unspecified atom stereocenters. The number of benzene rings is 3. The van der Waals surface area contributed by atoms with Crippen molar-refractivity contribution in [3.05, 3.63) is 107 Å². The maximum absolute atomic E-state index is 13.4. The van der Waals surface area contributed by atoms with Crippen molar-refractivity contribution < 1.29 is 19.4 Å². The van der Waals surface area contributed by atoms with Crippen LogP contribution in [0.5, 0.6) is 5.75 Å². The second kappa shape index (κ2) is 13.8. The molecule has 4 rings (SSSR count). The summed E-state index contributed by atoms with van der Waals surface area (Å²) >= 11 is 5.96. The number of nitrogens with zero attached hydrogens (tertiary/aromatic N) is 1. The third-order valence-corrected chi connectivity index (χ3v) is 6.33. The molecule has 0 fully saturated rings. The number of ether oxygens (including phenoxy) is 2. The van der Waals surface area contributed by atoms with Gasteiger partial charge >= 0.3 is 0 Å². The van der Waals surface area contributed by atoms with Crippen molar-refractivity contribution in [1.82, 2.24) is 10.9 Å². The van der Waals surface area contributed by atoms with Crippen LogP contribution in [-0.2, 0) is 16.0 Å². The van der Waals surface area contributed by atoms with Crippen molar-refractivity contribution in [3.63, 3.8) is 0 Å². The second-order valence-electron chi connectivity index (χ2n) is 8.96. The number of nitrogens with one attached hydrogen (secondary N) is 2. The fraction of sp³-hybridized carbons (Fsp3) is 0.267. The molecule has 3 N–H and O–H groups in total. The SMILES string of the molecule is O=C(NNCCc1ccc(Cl)cc1)[C@]1(C/C=C/c2ccccc2)COC(c2ccc(OCCCO)cc2)=N1. The lowest BCUT2D eigenvalue weighted by Gasteiger charge is -2.22. The van der Waals surface area contributed by atoms with E-state index in [1.165, 1.54) is 0 Å². The van der Waals surface area contributed by atoms with Crippen LogP contribution in [0, 0.1) is 0 Å². The van der Waals surface area contributed by atoms with Gasteiger partial charge in [-0.15, -0.1) is 0 Å². The first-order chi connectivity index (χ1) is 18.6. The molecule has 1 aliphatic heterocycles. The molecule has 0 saturated heterocycles. The molecule has 1 aliphatic rings. The molecule has 0 aliphatic carbocycles. The predicted octanol–water partition coefficient (Wildman–Crippen LogP) is 4.58. The third-order valence-electron chi connectivity index (χ3n) is 6.08. The van der Waals surface area contributed by atoms with Gasteiger partial charge in [-0.3, -0.25) is 10.2 Å². The van der Waals surface area contributed by atoms with Crippen LogP contribution < -0.4 is 15.6 Å². The lowest BCUT2D eigenvalue weighted by atomic mass is 9.95. The van der Waals surface area contributed by atoms with E-state index in [1.54, 1.807) is 0 Å². The molecular weight excluding hydrogens is 502 g/mol. The number of hydrazine groups is 1. The molecule has 8 heteroatoms. The summed E-state index contributed by atoms with van der Waals surface area (Å²) < 4.78 is 11.5. The van der Waals surface area contributed by atoms with Crippen LogP contribution in [0.1, 0.15) is 29.5 Å². The average Bonchev–Trinajstić information content (AvgIpc) is 3.39. The zero-order valence-electron chi connectivity index (χ0n) is 21.1. The molecular formula is C30H32ClN3O4. The number of carbonyl (C=O) groups excluding carboxylic acids is 1. The Hall–Kier alpha value is -3.65. The van der Waals surface area contributed by atoms with Gasteiger partial charge in [-0.25, -0.2) is 10.4 Å². The molecule has 38 heavy (non-hydrogen) atoms. The van der Waals surface area contributed by atoms with E-state index >= 15 is 0 Å². The van der Waals surface area contributed by atoms with Crippen LogP contribution >= 0.6 is 11.6 Å². The minimum Gasteiger partial charge on any atom is -0.494 e. The molecule has 0 saturated carbocycles. The Kier molecular flexibility index (Phi) is 9.92. The van der Waals surface area contributed by atoms with E-state index < -0.39 is 5.54 Å². The van der Waals surface area contributed by atoms with E-state index in [1.807, 2.05) is 91.0 Å². The maximum Gasteiger partial charge on any atom is 0.266 e. The van der Waals surface area contributed by atoms with Gasteiger partial charge in [0.25, 0.3) is 5.91 Å². The number of hydrogen-bond donors (Lipinski definition) is 3. The van der Waals surface area contributed by atoms with E-state index in [4.69, 9.17) is 31.2 Å². The lowest BCUT2D eigenvalue weighted by Crippen LogP contribution is -2.51. The number of aliphatic imine (C=N–C) groups is 1. The van der Waals surface area contributed by atoms with Crippen LogP contribution in [-0.4, -0.2) is 48.8 Å². The van der Waals surface area contributed by atoms with Gasteiger partial charge in [0.1, 0.15) is 12.4 Å². The molecule has 1 heterocycles. The molecule has 3 aromatic carbocycles. The van der Waals surface area contributed by atoms with Crippen LogP contribution in [0.2, 0.25) is 5.02 Å². The van der Waals surface area contributed by atoms with Crippen molar-refractivity contribution in [2.75, 3.05) is 26.4 Å². The largest absolute Gasteiger partial charge is 0.494 e. The number of carbonyl (C=O) groups is 1. The van der Waals surface area contributed by atoms with Crippen molar-refractivity contribution in [2.24, 2.45) is 4.99 Å². The van der Waals surface area contributed by atoms with Crippen molar-refractivity contribution in [3.8, 4) is 5.75 Å². The van der Waals surface area contributed by atoms with Gasteiger partial charge in [-0.1, -0.05) is 66.2 Å². The van der Waals surface area contributed by atoms with Crippen LogP contribution in [0.15, 0.2) is 89.9 Å². The number of hydrogen-bond acceptors (Lipinski definition) is 6. The summed E-state index contributed by atoms with van der Waals surface area (Å²) in [6.07, 6.45) is 5.61. The summed E-state index contributed by atoms with van der Waals surface area (Å²) in [4.78, 5) is 18.2. The number of amides is 1. The molecule has 0 bridgehead atoms. The molecule has 0 spiro atoms. The van der Waals surface area contributed by atoms with Gasteiger partial charge in [-0.2, -0.15) is 0 Å². The Balaban J connectivity index is 1.44. The topological polar surface area (TPSA) is 92.2 Å². The van der Waals surface area contributed by atoms with E-state index in [2.05, 4.69) is 10.9 Å². The molecule has 3 aromatic rings. The molecule has 7 nitrogen and oxygen atoms in total. The maximum atomic E-state index is 13.4. The smallest absolute Gasteiger partial charge is 0.266 e. The minimum absolute atomic E-state index is 0.0849. The average molecular weight is 534 g/mol. The van der Waals surface area contributed by atoms with Crippen molar-refractivity contribution in [1.29, 1.82) is 0 Å². The summed E-state index contributed by atoms with van der Waals surface area (Å²) in [6.45, 7) is 1.20. The number of aliphatic hydroxyl groups excluding tert-OH is 1. The molecule has 1 atom stereocenters. The number of aliphatic hydroxyl groups is 1. The van der Waals surface area contributed by atoms with Gasteiger partial charge in [0, 0.05) is 36.6 Å². The van der Waals surface area contributed by atoms with Gasteiger partial charge in [-0.05, 0) is 53.9 Å². The van der Waals surface area contributed by atoms with E-state index in [-0.39, 0.29) is 19.1 Å². The highest BCUT2D eigenvalue weighted by atomic mass is 35.5. The van der Waals surface area contributed by atoms with Gasteiger partial charge in [0.05, 0.1) is 6.61 Å². The summed E-state index contributed by atoms with van der Waals surface area (Å²) in [5.41, 5.74) is 7.67. The minimum atomic E-state index is -1.11. The Bertz CT molecular complexity index is 1230. The summed E-state index contributed by atoms with van der Waals surface area (Å²) in [5, 5.41) is 9.62. The van der Waals surface area contributed by atoms with Crippen molar-refractivity contribution in [2.45, 2.75) is 24.8 Å². The van der Waals surface area contributed by atoms with E-state index in [0.29, 0.717) is 42.7 Å². The first kappa shape index (κ1) is 27.4. The molecule has 198 valence electrons. The zero-order chi connectivity index (χ0) is 26.6. The molecule has 0 aromatic heterocycles. The first-order valence-corrected chi connectivity index (χ1v) is 13.0. The first-order valence-electron chi connectivity index (χ1n) is 12.6. The Labute approximate surface area is 228 Å². The number of halogens is 1. The normalized spacial score (nSPS) is 16.7. The van der Waals surface area contributed by atoms with Gasteiger partial charge < -0.3 is 14.6 Å². The lowest BCUT2D eigenvalue weighted by molar-refractivity contribution is -0.127. The van der Waals surface area contributed by atoms with E-state index in [0.717, 1.165) is 23.1 Å². The highest BCUT2D eigenvalue weighted by Gasteiger charge is 2.43. The Morgan fingerprint density at radius 1 is 1.08 bits per heavy atom. The quantitative estimate of drug-likeness (QED) is 0.221. The Morgan fingerprint density at radius 3 is 2.58 bits per heavy atom. The molecule has 1 amide bonds. The van der Waals surface area contributed by atoms with Crippen molar-refractivity contribution >= 4 is 29.5 Å². The fourth-order valence-corrected chi connectivity index (χ4v) is 4.05. The van der Waals surface area contributed by atoms with Gasteiger partial charge in [0.15, 0.2) is 5.54 Å². The Morgan fingerprint density at radius 2 is 1.84 bits per heavy atom. The van der Waals surface area contributed by atoms with E-state index in [9.17, 15) is 4.79 Å². The van der Waals surface area contributed by atoms with Crippen LogP contribution in [0.4, 0.5) is 0 Å². The third kappa shape index (κ3) is 7.68. The second-order valence-corrected chi connectivity index (χ2v) is 9.40. The highest BCUT2D eigenvalue weighted by Crippen LogP contribution is 2.27. The number of rotatable bonds is 13. The summed E-state index contributed by atoms with van der Waals surface area (Å²) in [6, 6.07) is 24.9. The van der Waals surface area contributed by atoms with Crippen LogP contribution in [0.25, 0.3) is 6.08 Å². The highest BCUT2D eigenvalue weighted by molar-refractivity contribution is 6.30. The van der Waals surface area contributed by atoms with Gasteiger partial charge in [0.2, 0.25) is 5.90 Å². The zero-order valence-corrected chi connectivity index (χ0v) is 21.9. The standard InChI is InChI=1S/C30H32ClN3O4/c31-26-13-9-24(10-14-26)17-19-32-34-29(36)30(18-4-8-23-6-2-1-3-7-23)22-38-28(33-30)25-11-15-27(16-12-25)37-21-5-20-35/h1-4,6-16,32,35H,5,17-22H2,(H,34,36)/b8-4+/t30-/m0/s1. The molecule has 0 radical (unpaired) electrons. The monoisotopic (exact) mass is 533 g/mol. The summed E-state index contributed by atoms with van der Waals surface area (Å²) in [7, 11) is 0.